The highest BCUT2D eigenvalue weighted by Crippen LogP contribution is 2.28. The van der Waals surface area contributed by atoms with E-state index in [1.54, 1.807) is 37.3 Å². The minimum Gasteiger partial charge on any atom is -0.489 e. The zero-order chi connectivity index (χ0) is 16.3. The summed E-state index contributed by atoms with van der Waals surface area (Å²) in [5, 5.41) is 3.08. The highest BCUT2D eigenvalue weighted by atomic mass is 35.5. The van der Waals surface area contributed by atoms with Crippen LogP contribution in [0.25, 0.3) is 0 Å². The number of carbonyl (C=O) groups is 1. The molecule has 0 spiro atoms. The van der Waals surface area contributed by atoms with Crippen LogP contribution in [-0.2, 0) is 0 Å². The molecule has 0 aromatic heterocycles. The summed E-state index contributed by atoms with van der Waals surface area (Å²) in [5.74, 6) is -0.255. The quantitative estimate of drug-likeness (QED) is 0.876. The molecule has 0 saturated carbocycles. The third kappa shape index (κ3) is 3.98. The molecule has 3 nitrogen and oxygen atoms in total. The third-order valence-electron chi connectivity index (χ3n) is 2.99. The molecule has 22 heavy (non-hydrogen) atoms. The van der Waals surface area contributed by atoms with Crippen LogP contribution in [0.5, 0.6) is 5.75 Å². The van der Waals surface area contributed by atoms with Gasteiger partial charge in [-0.2, -0.15) is 0 Å². The van der Waals surface area contributed by atoms with E-state index in [1.165, 1.54) is 6.07 Å². The summed E-state index contributed by atoms with van der Waals surface area (Å²) in [6.45, 7) is 5.44. The van der Waals surface area contributed by atoms with Gasteiger partial charge >= 0.3 is 0 Å². The van der Waals surface area contributed by atoms with Crippen LogP contribution in [0, 0.1) is 12.7 Å². The number of aryl methyl sites for hydroxylation is 1. The normalized spacial score (nSPS) is 10.6. The lowest BCUT2D eigenvalue weighted by molar-refractivity contribution is 0.102. The van der Waals surface area contributed by atoms with Crippen molar-refractivity contribution in [2.75, 3.05) is 5.32 Å². The first-order chi connectivity index (χ1) is 10.4. The molecule has 2 aromatic carbocycles. The van der Waals surface area contributed by atoms with Gasteiger partial charge in [-0.25, -0.2) is 4.39 Å². The van der Waals surface area contributed by atoms with Crippen molar-refractivity contribution in [3.8, 4) is 5.75 Å². The van der Waals surface area contributed by atoms with Crippen molar-refractivity contribution in [2.45, 2.75) is 26.9 Å². The van der Waals surface area contributed by atoms with E-state index in [-0.39, 0.29) is 11.7 Å². The topological polar surface area (TPSA) is 38.3 Å². The number of nitrogens with one attached hydrogen (secondary N) is 1. The molecule has 0 aliphatic rings. The lowest BCUT2D eigenvalue weighted by atomic mass is 10.1. The summed E-state index contributed by atoms with van der Waals surface area (Å²) < 4.78 is 19.0. The largest absolute Gasteiger partial charge is 0.489 e. The fraction of sp³-hybridized carbons (Fsp3) is 0.235. The minimum absolute atomic E-state index is 0.00785. The third-order valence-corrected chi connectivity index (χ3v) is 3.28. The number of anilines is 1. The molecule has 1 amide bonds. The smallest absolute Gasteiger partial charge is 0.255 e. The lowest BCUT2D eigenvalue weighted by Crippen LogP contribution is -2.12. The van der Waals surface area contributed by atoms with Crippen LogP contribution in [0.15, 0.2) is 36.4 Å². The molecule has 2 aromatic rings. The van der Waals surface area contributed by atoms with Crippen molar-refractivity contribution < 1.29 is 13.9 Å². The lowest BCUT2D eigenvalue weighted by Gasteiger charge is -2.13. The summed E-state index contributed by atoms with van der Waals surface area (Å²) in [5.41, 5.74) is 1.27. The number of halogens is 2. The Labute approximate surface area is 134 Å². The van der Waals surface area contributed by atoms with Crippen molar-refractivity contribution in [1.82, 2.24) is 0 Å². The summed E-state index contributed by atoms with van der Waals surface area (Å²) in [4.78, 5) is 12.1. The SMILES string of the molecule is Cc1ccc(C(=O)Nc2ccc(OC(C)C)c(Cl)c2)cc1F. The maximum atomic E-state index is 13.5. The number of hydrogen-bond acceptors (Lipinski definition) is 2. The predicted octanol–water partition coefficient (Wildman–Crippen LogP) is 4.83. The minimum atomic E-state index is -0.411. The van der Waals surface area contributed by atoms with Gasteiger partial charge in [0.2, 0.25) is 0 Å². The molecule has 116 valence electrons. The van der Waals surface area contributed by atoms with E-state index in [0.717, 1.165) is 0 Å². The first kappa shape index (κ1) is 16.3. The molecule has 0 atom stereocenters. The van der Waals surface area contributed by atoms with Gasteiger partial charge < -0.3 is 10.1 Å². The van der Waals surface area contributed by atoms with Gasteiger partial charge in [0.25, 0.3) is 5.91 Å². The van der Waals surface area contributed by atoms with Gasteiger partial charge in [0, 0.05) is 11.3 Å². The van der Waals surface area contributed by atoms with Crippen LogP contribution >= 0.6 is 11.6 Å². The van der Waals surface area contributed by atoms with Gasteiger partial charge in [-0.15, -0.1) is 0 Å². The van der Waals surface area contributed by atoms with Crippen LogP contribution in [0.3, 0.4) is 0 Å². The zero-order valence-electron chi connectivity index (χ0n) is 12.6. The second-order valence-corrected chi connectivity index (χ2v) is 5.64. The van der Waals surface area contributed by atoms with Gasteiger partial charge in [0.15, 0.2) is 0 Å². The molecule has 0 fully saturated rings. The fourth-order valence-electron chi connectivity index (χ4n) is 1.87. The molecule has 0 bridgehead atoms. The number of amides is 1. The van der Waals surface area contributed by atoms with E-state index in [2.05, 4.69) is 5.32 Å². The summed E-state index contributed by atoms with van der Waals surface area (Å²) >= 11 is 6.11. The van der Waals surface area contributed by atoms with E-state index < -0.39 is 11.7 Å². The van der Waals surface area contributed by atoms with Crippen molar-refractivity contribution in [1.29, 1.82) is 0 Å². The maximum absolute atomic E-state index is 13.5. The maximum Gasteiger partial charge on any atom is 0.255 e. The molecule has 0 unspecified atom stereocenters. The Bertz CT molecular complexity index is 701. The summed E-state index contributed by atoms with van der Waals surface area (Å²) in [6, 6.07) is 9.33. The molecule has 0 radical (unpaired) electrons. The molecule has 0 heterocycles. The van der Waals surface area contributed by atoms with E-state index >= 15 is 0 Å². The molecule has 0 aliphatic heterocycles. The Balaban J connectivity index is 2.14. The molecular weight excluding hydrogens is 305 g/mol. The molecular formula is C17H17ClFNO2. The summed E-state index contributed by atoms with van der Waals surface area (Å²) in [6.07, 6.45) is 0.00785. The number of carbonyl (C=O) groups excluding carboxylic acids is 1. The van der Waals surface area contributed by atoms with Crippen molar-refractivity contribution in [3.63, 3.8) is 0 Å². The highest BCUT2D eigenvalue weighted by molar-refractivity contribution is 6.32. The van der Waals surface area contributed by atoms with E-state index in [9.17, 15) is 9.18 Å². The first-order valence-electron chi connectivity index (χ1n) is 6.90. The number of hydrogen-bond donors (Lipinski definition) is 1. The Kier molecular flexibility index (Phi) is 5.03. The molecule has 5 heteroatoms. The average Bonchev–Trinajstić information content (AvgIpc) is 2.44. The fourth-order valence-corrected chi connectivity index (χ4v) is 2.09. The Morgan fingerprint density at radius 1 is 1.23 bits per heavy atom. The van der Waals surface area contributed by atoms with E-state index in [4.69, 9.17) is 16.3 Å². The van der Waals surface area contributed by atoms with Crippen LogP contribution in [-0.4, -0.2) is 12.0 Å². The Hall–Kier alpha value is -2.07. The van der Waals surface area contributed by atoms with Crippen LogP contribution in [0.2, 0.25) is 5.02 Å². The zero-order valence-corrected chi connectivity index (χ0v) is 13.4. The number of benzene rings is 2. The molecule has 0 aliphatic carbocycles. The second-order valence-electron chi connectivity index (χ2n) is 5.23. The van der Waals surface area contributed by atoms with Gasteiger partial charge in [0.1, 0.15) is 11.6 Å². The van der Waals surface area contributed by atoms with Crippen LogP contribution in [0.4, 0.5) is 10.1 Å². The van der Waals surface area contributed by atoms with Gasteiger partial charge in [-0.3, -0.25) is 4.79 Å². The van der Waals surface area contributed by atoms with E-state index in [1.807, 2.05) is 13.8 Å². The van der Waals surface area contributed by atoms with Crippen LogP contribution in [0.1, 0.15) is 29.8 Å². The number of ether oxygens (including phenoxy) is 1. The summed E-state index contributed by atoms with van der Waals surface area (Å²) in [7, 11) is 0. The second kappa shape index (κ2) is 6.79. The average molecular weight is 322 g/mol. The standard InChI is InChI=1S/C17H17ClFNO2/c1-10(2)22-16-7-6-13(9-14(16)18)20-17(21)12-5-4-11(3)15(19)8-12/h4-10H,1-3H3,(H,20,21). The van der Waals surface area contributed by atoms with Crippen molar-refractivity contribution >= 4 is 23.2 Å². The van der Waals surface area contributed by atoms with Crippen LogP contribution < -0.4 is 10.1 Å². The Morgan fingerprint density at radius 2 is 1.95 bits per heavy atom. The van der Waals surface area contributed by atoms with Crippen molar-refractivity contribution in [3.05, 3.63) is 58.4 Å². The van der Waals surface area contributed by atoms with Gasteiger partial charge in [-0.1, -0.05) is 17.7 Å². The van der Waals surface area contributed by atoms with Crippen molar-refractivity contribution in [2.24, 2.45) is 0 Å². The van der Waals surface area contributed by atoms with Gasteiger partial charge in [0.05, 0.1) is 11.1 Å². The predicted molar refractivity (Wildman–Crippen MR) is 86.3 cm³/mol. The molecule has 0 saturated heterocycles. The monoisotopic (exact) mass is 321 g/mol. The molecule has 2 rings (SSSR count). The number of rotatable bonds is 4. The van der Waals surface area contributed by atoms with E-state index in [0.29, 0.717) is 22.0 Å². The molecule has 1 N–H and O–H groups in total. The first-order valence-corrected chi connectivity index (χ1v) is 7.28. The highest BCUT2D eigenvalue weighted by Gasteiger charge is 2.10. The Morgan fingerprint density at radius 3 is 2.55 bits per heavy atom. The van der Waals surface area contributed by atoms with Gasteiger partial charge in [-0.05, 0) is 56.7 Å².